The number of hydrogen-bond donors (Lipinski definition) is 2. The Labute approximate surface area is 144 Å². The van der Waals surface area contributed by atoms with E-state index in [0.717, 1.165) is 0 Å². The van der Waals surface area contributed by atoms with Crippen LogP contribution in [0.2, 0.25) is 0 Å². The molecule has 1 aliphatic carbocycles. The van der Waals surface area contributed by atoms with E-state index >= 15 is 0 Å². The smallest absolute Gasteiger partial charge is 0.331 e. The van der Waals surface area contributed by atoms with Crippen molar-refractivity contribution in [2.45, 2.75) is 38.6 Å². The van der Waals surface area contributed by atoms with Gasteiger partial charge in [0.2, 0.25) is 5.91 Å². The molecule has 25 heavy (non-hydrogen) atoms. The van der Waals surface area contributed by atoms with Gasteiger partial charge in [0, 0.05) is 6.20 Å². The molecule has 1 fully saturated rings. The maximum Gasteiger partial charge on any atom is 0.331 e. The van der Waals surface area contributed by atoms with E-state index in [9.17, 15) is 19.1 Å². The molecule has 0 saturated heterocycles. The van der Waals surface area contributed by atoms with Gasteiger partial charge in [-0.3, -0.25) is 9.48 Å². The van der Waals surface area contributed by atoms with Crippen molar-refractivity contribution in [2.24, 2.45) is 5.41 Å². The van der Waals surface area contributed by atoms with Gasteiger partial charge in [0.05, 0.1) is 17.3 Å². The molecule has 0 spiro atoms. The first-order valence-electron chi connectivity index (χ1n) is 8.08. The molecule has 0 bridgehead atoms. The molecule has 2 aromatic rings. The van der Waals surface area contributed by atoms with Crippen LogP contribution < -0.4 is 5.32 Å². The molecule has 1 aromatic heterocycles. The predicted molar refractivity (Wildman–Crippen MR) is 89.6 cm³/mol. The lowest BCUT2D eigenvalue weighted by molar-refractivity contribution is -0.146. The lowest BCUT2D eigenvalue weighted by Gasteiger charge is -2.19. The van der Waals surface area contributed by atoms with Crippen molar-refractivity contribution in [1.82, 2.24) is 9.78 Å². The van der Waals surface area contributed by atoms with Gasteiger partial charge in [-0.25, -0.2) is 9.18 Å². The van der Waals surface area contributed by atoms with Crippen molar-refractivity contribution in [3.63, 3.8) is 0 Å². The number of aromatic nitrogens is 2. The third-order valence-corrected chi connectivity index (χ3v) is 4.76. The van der Waals surface area contributed by atoms with Crippen LogP contribution in [0.25, 0.3) is 0 Å². The number of amides is 1. The summed E-state index contributed by atoms with van der Waals surface area (Å²) in [6.45, 7) is 3.04. The Hall–Kier alpha value is -2.70. The third-order valence-electron chi connectivity index (χ3n) is 4.76. The highest BCUT2D eigenvalue weighted by atomic mass is 19.1. The summed E-state index contributed by atoms with van der Waals surface area (Å²) in [5.74, 6) is -1.52. The fraction of sp³-hybridized carbons (Fsp3) is 0.389. The summed E-state index contributed by atoms with van der Waals surface area (Å²) >= 11 is 0. The zero-order chi connectivity index (χ0) is 18.2. The number of carbonyl (C=O) groups is 2. The number of carboxylic acids is 1. The summed E-state index contributed by atoms with van der Waals surface area (Å²) in [4.78, 5) is 23.9. The van der Waals surface area contributed by atoms with Gasteiger partial charge in [-0.2, -0.15) is 5.10 Å². The summed E-state index contributed by atoms with van der Waals surface area (Å²) in [6, 6.07) is 6.46. The van der Waals surface area contributed by atoms with Gasteiger partial charge >= 0.3 is 5.97 Å². The van der Waals surface area contributed by atoms with Crippen LogP contribution in [0.4, 0.5) is 10.1 Å². The Morgan fingerprint density at radius 2 is 2.04 bits per heavy atom. The normalized spacial score (nSPS) is 15.6. The molecule has 0 unspecified atom stereocenters. The summed E-state index contributed by atoms with van der Waals surface area (Å²) in [5, 5.41) is 16.0. The van der Waals surface area contributed by atoms with E-state index in [1.165, 1.54) is 37.0 Å². The van der Waals surface area contributed by atoms with Crippen LogP contribution >= 0.6 is 0 Å². The van der Waals surface area contributed by atoms with Gasteiger partial charge in [0.25, 0.3) is 0 Å². The van der Waals surface area contributed by atoms with Crippen molar-refractivity contribution in [1.29, 1.82) is 0 Å². The molecule has 2 N–H and O–H groups in total. The number of carbonyl (C=O) groups excluding carboxylic acids is 1. The number of benzene rings is 1. The van der Waals surface area contributed by atoms with Gasteiger partial charge in [-0.15, -0.1) is 0 Å². The number of halogens is 1. The van der Waals surface area contributed by atoms with Crippen LogP contribution in [0.3, 0.4) is 0 Å². The Kier molecular flexibility index (Phi) is 4.10. The van der Waals surface area contributed by atoms with Crippen molar-refractivity contribution in [3.8, 4) is 0 Å². The van der Waals surface area contributed by atoms with Crippen molar-refractivity contribution in [3.05, 3.63) is 48.0 Å². The number of aliphatic carboxylic acids is 1. The largest absolute Gasteiger partial charge is 0.479 e. The second kappa shape index (κ2) is 5.98. The van der Waals surface area contributed by atoms with E-state index in [4.69, 9.17) is 0 Å². The highest BCUT2D eigenvalue weighted by Gasteiger charge is 2.50. The molecule has 1 heterocycles. The molecule has 0 aliphatic heterocycles. The van der Waals surface area contributed by atoms with Crippen LogP contribution in [0, 0.1) is 11.2 Å². The lowest BCUT2D eigenvalue weighted by atomic mass is 9.95. The highest BCUT2D eigenvalue weighted by molar-refractivity contribution is 5.97. The number of rotatable bonds is 6. The molecule has 1 aliphatic rings. The first-order valence-corrected chi connectivity index (χ1v) is 8.08. The highest BCUT2D eigenvalue weighted by Crippen LogP contribution is 2.49. The van der Waals surface area contributed by atoms with Gasteiger partial charge in [-0.05, 0) is 44.7 Å². The van der Waals surface area contributed by atoms with E-state index in [0.29, 0.717) is 30.5 Å². The van der Waals surface area contributed by atoms with Gasteiger partial charge < -0.3 is 10.4 Å². The molecule has 0 radical (unpaired) electrons. The van der Waals surface area contributed by atoms with E-state index in [1.807, 2.05) is 0 Å². The minimum absolute atomic E-state index is 0.191. The number of carboxylic acid groups (broad SMARTS) is 1. The van der Waals surface area contributed by atoms with E-state index in [1.54, 1.807) is 18.2 Å². The maximum atomic E-state index is 13.8. The first-order chi connectivity index (χ1) is 11.7. The summed E-state index contributed by atoms with van der Waals surface area (Å²) in [6.07, 6.45) is 4.65. The fourth-order valence-corrected chi connectivity index (χ4v) is 2.70. The topological polar surface area (TPSA) is 84.2 Å². The minimum atomic E-state index is -1.21. The Bertz CT molecular complexity index is 824. The molecule has 0 atom stereocenters. The molecule has 6 nitrogen and oxygen atoms in total. The SMILES string of the molecule is CC(C)(C(=O)O)n1cc(NC(=O)C2(Cc3ccccc3F)CC2)cn1. The lowest BCUT2D eigenvalue weighted by Crippen LogP contribution is -2.36. The number of nitrogens with zero attached hydrogens (tertiary/aromatic N) is 2. The fourth-order valence-electron chi connectivity index (χ4n) is 2.70. The van der Waals surface area contributed by atoms with Gasteiger partial charge in [-0.1, -0.05) is 18.2 Å². The van der Waals surface area contributed by atoms with Gasteiger partial charge in [0.1, 0.15) is 5.82 Å². The molecular weight excluding hydrogens is 325 g/mol. The monoisotopic (exact) mass is 345 g/mol. The predicted octanol–water partition coefficient (Wildman–Crippen LogP) is 2.80. The van der Waals surface area contributed by atoms with Gasteiger partial charge in [0.15, 0.2) is 5.54 Å². The summed E-state index contributed by atoms with van der Waals surface area (Å²) < 4.78 is 15.1. The molecule has 3 rings (SSSR count). The average molecular weight is 345 g/mol. The van der Waals surface area contributed by atoms with E-state index < -0.39 is 16.9 Å². The number of hydrogen-bond acceptors (Lipinski definition) is 3. The van der Waals surface area contributed by atoms with Crippen molar-refractivity contribution < 1.29 is 19.1 Å². The van der Waals surface area contributed by atoms with Crippen molar-refractivity contribution in [2.75, 3.05) is 5.32 Å². The van der Waals surface area contributed by atoms with Crippen molar-refractivity contribution >= 4 is 17.6 Å². The standard InChI is InChI=1S/C18H20FN3O3/c1-17(2,16(24)25)22-11-13(10-20-22)21-15(23)18(7-8-18)9-12-5-3-4-6-14(12)19/h3-6,10-11H,7-9H2,1-2H3,(H,21,23)(H,24,25). The number of anilines is 1. The zero-order valence-corrected chi connectivity index (χ0v) is 14.1. The molecular formula is C18H20FN3O3. The molecule has 1 amide bonds. The Morgan fingerprint density at radius 3 is 2.64 bits per heavy atom. The average Bonchev–Trinajstić information content (AvgIpc) is 3.19. The summed E-state index contributed by atoms with van der Waals surface area (Å²) in [5.41, 5.74) is -0.864. The quantitative estimate of drug-likeness (QED) is 0.843. The minimum Gasteiger partial charge on any atom is -0.479 e. The van der Waals surface area contributed by atoms with Crippen LogP contribution in [-0.4, -0.2) is 26.8 Å². The van der Waals surface area contributed by atoms with Crippen LogP contribution in [0.1, 0.15) is 32.3 Å². The molecule has 132 valence electrons. The third kappa shape index (κ3) is 3.26. The molecule has 1 aromatic carbocycles. The first kappa shape index (κ1) is 17.1. The van der Waals surface area contributed by atoms with Crippen LogP contribution in [0.5, 0.6) is 0 Å². The Balaban J connectivity index is 1.72. The second-order valence-electron chi connectivity index (χ2n) is 7.04. The maximum absolute atomic E-state index is 13.8. The molecule has 1 saturated carbocycles. The van der Waals surface area contributed by atoms with Crippen LogP contribution in [-0.2, 0) is 21.5 Å². The van der Waals surface area contributed by atoms with E-state index in [-0.39, 0.29) is 11.7 Å². The van der Waals surface area contributed by atoms with Crippen LogP contribution in [0.15, 0.2) is 36.7 Å². The molecule has 7 heteroatoms. The summed E-state index contributed by atoms with van der Waals surface area (Å²) in [7, 11) is 0. The zero-order valence-electron chi connectivity index (χ0n) is 14.1. The Morgan fingerprint density at radius 1 is 1.36 bits per heavy atom. The second-order valence-corrected chi connectivity index (χ2v) is 7.04. The van der Waals surface area contributed by atoms with E-state index in [2.05, 4.69) is 10.4 Å². The number of nitrogens with one attached hydrogen (secondary N) is 1.